The molecule has 0 saturated carbocycles. The van der Waals surface area contributed by atoms with E-state index in [0.29, 0.717) is 5.69 Å². The van der Waals surface area contributed by atoms with E-state index in [1.807, 2.05) is 48.7 Å². The summed E-state index contributed by atoms with van der Waals surface area (Å²) >= 11 is 1.51. The van der Waals surface area contributed by atoms with Crippen LogP contribution >= 0.6 is 11.8 Å². The van der Waals surface area contributed by atoms with Gasteiger partial charge in [-0.3, -0.25) is 4.79 Å². The Labute approximate surface area is 163 Å². The molecular formula is C20H20N2O3S2. The first-order chi connectivity index (χ1) is 12.9. The molecular weight excluding hydrogens is 380 g/mol. The van der Waals surface area contributed by atoms with Gasteiger partial charge in [0, 0.05) is 11.9 Å². The topological polar surface area (TPSA) is 66.5 Å². The molecule has 0 aliphatic heterocycles. The van der Waals surface area contributed by atoms with Crippen molar-refractivity contribution in [3.63, 3.8) is 0 Å². The summed E-state index contributed by atoms with van der Waals surface area (Å²) in [5, 5.41) is 4.58. The number of likely N-dealkylation sites (N-methyl/N-ethyl adjacent to an activating group) is 1. The number of amides is 1. The van der Waals surface area contributed by atoms with Gasteiger partial charge in [-0.05, 0) is 41.3 Å². The van der Waals surface area contributed by atoms with Crippen LogP contribution in [0.5, 0.6) is 0 Å². The van der Waals surface area contributed by atoms with Crippen molar-refractivity contribution in [2.75, 3.05) is 25.2 Å². The van der Waals surface area contributed by atoms with Gasteiger partial charge in [0.1, 0.15) is 0 Å². The third-order valence-corrected chi connectivity index (χ3v) is 6.77. The first-order valence-electron chi connectivity index (χ1n) is 8.30. The number of anilines is 1. The molecule has 5 nitrogen and oxygen atoms in total. The van der Waals surface area contributed by atoms with Crippen molar-refractivity contribution in [1.82, 2.24) is 4.31 Å². The Morgan fingerprint density at radius 1 is 1.00 bits per heavy atom. The Morgan fingerprint density at radius 3 is 2.41 bits per heavy atom. The van der Waals surface area contributed by atoms with E-state index in [1.165, 1.54) is 18.8 Å². The first kappa shape index (κ1) is 19.4. The van der Waals surface area contributed by atoms with E-state index in [4.69, 9.17) is 0 Å². The fraction of sp³-hybridized carbons (Fsp3) is 0.150. The molecule has 1 amide bonds. The van der Waals surface area contributed by atoms with Gasteiger partial charge in [0.15, 0.2) is 0 Å². The van der Waals surface area contributed by atoms with Crippen LogP contribution in [0.15, 0.2) is 76.5 Å². The normalized spacial score (nSPS) is 11.7. The van der Waals surface area contributed by atoms with Gasteiger partial charge < -0.3 is 5.32 Å². The molecule has 0 atom stereocenters. The van der Waals surface area contributed by atoms with Crippen molar-refractivity contribution in [3.05, 3.63) is 66.7 Å². The molecule has 27 heavy (non-hydrogen) atoms. The smallest absolute Gasteiger partial charge is 0.243 e. The van der Waals surface area contributed by atoms with E-state index in [9.17, 15) is 13.2 Å². The number of para-hydroxylation sites is 1. The maximum absolute atomic E-state index is 12.8. The lowest BCUT2D eigenvalue weighted by atomic mass is 10.1. The number of carbonyl (C=O) groups is 1. The monoisotopic (exact) mass is 400 g/mol. The summed E-state index contributed by atoms with van der Waals surface area (Å²) in [4.78, 5) is 13.4. The van der Waals surface area contributed by atoms with Gasteiger partial charge in [0.2, 0.25) is 15.9 Å². The highest BCUT2D eigenvalue weighted by atomic mass is 32.2. The second-order valence-electron chi connectivity index (χ2n) is 6.02. The second-order valence-corrected chi connectivity index (χ2v) is 8.91. The minimum atomic E-state index is -3.77. The van der Waals surface area contributed by atoms with E-state index in [0.717, 1.165) is 20.0 Å². The first-order valence-corrected chi connectivity index (χ1v) is 11.0. The van der Waals surface area contributed by atoms with Crippen molar-refractivity contribution < 1.29 is 13.2 Å². The summed E-state index contributed by atoms with van der Waals surface area (Å²) in [6.45, 7) is -0.266. The summed E-state index contributed by atoms with van der Waals surface area (Å²) in [5.41, 5.74) is 0.673. The average molecular weight is 401 g/mol. The molecule has 0 heterocycles. The Bertz CT molecular complexity index is 1080. The Morgan fingerprint density at radius 2 is 1.67 bits per heavy atom. The zero-order valence-electron chi connectivity index (χ0n) is 15.0. The number of carbonyl (C=O) groups excluding carboxylic acids is 1. The Kier molecular flexibility index (Phi) is 5.84. The molecule has 7 heteroatoms. The van der Waals surface area contributed by atoms with Gasteiger partial charge in [0.05, 0.1) is 17.1 Å². The number of thioether (sulfide) groups is 1. The minimum Gasteiger partial charge on any atom is -0.324 e. The summed E-state index contributed by atoms with van der Waals surface area (Å²) in [5.74, 6) is -0.386. The molecule has 3 aromatic rings. The van der Waals surface area contributed by atoms with Gasteiger partial charge in [-0.25, -0.2) is 8.42 Å². The number of hydrogen-bond donors (Lipinski definition) is 1. The van der Waals surface area contributed by atoms with Gasteiger partial charge in [-0.1, -0.05) is 42.5 Å². The van der Waals surface area contributed by atoms with Crippen LogP contribution in [0.4, 0.5) is 5.69 Å². The predicted molar refractivity (Wildman–Crippen MR) is 111 cm³/mol. The highest BCUT2D eigenvalue weighted by molar-refractivity contribution is 7.98. The van der Waals surface area contributed by atoms with Crippen LogP contribution in [0, 0.1) is 0 Å². The van der Waals surface area contributed by atoms with Crippen molar-refractivity contribution >= 4 is 44.2 Å². The van der Waals surface area contributed by atoms with Gasteiger partial charge in [-0.15, -0.1) is 11.8 Å². The van der Waals surface area contributed by atoms with Crippen molar-refractivity contribution in [1.29, 1.82) is 0 Å². The quantitative estimate of drug-likeness (QED) is 0.639. The predicted octanol–water partition coefficient (Wildman–Crippen LogP) is 3.82. The van der Waals surface area contributed by atoms with Crippen molar-refractivity contribution in [2.24, 2.45) is 0 Å². The molecule has 0 bridgehead atoms. The van der Waals surface area contributed by atoms with Crippen LogP contribution in [-0.2, 0) is 14.8 Å². The van der Waals surface area contributed by atoms with Crippen molar-refractivity contribution in [3.8, 4) is 0 Å². The number of fused-ring (bicyclic) bond motifs is 1. The number of sulfonamides is 1. The highest BCUT2D eigenvalue weighted by Gasteiger charge is 2.23. The lowest BCUT2D eigenvalue weighted by Gasteiger charge is -2.18. The number of benzene rings is 3. The van der Waals surface area contributed by atoms with E-state index in [2.05, 4.69) is 5.32 Å². The molecule has 3 rings (SSSR count). The zero-order valence-corrected chi connectivity index (χ0v) is 16.7. The molecule has 0 aliphatic carbocycles. The fourth-order valence-electron chi connectivity index (χ4n) is 2.73. The van der Waals surface area contributed by atoms with Crippen LogP contribution in [0.25, 0.3) is 10.8 Å². The summed E-state index contributed by atoms with van der Waals surface area (Å²) < 4.78 is 26.7. The van der Waals surface area contributed by atoms with E-state index in [-0.39, 0.29) is 17.3 Å². The Hall–Kier alpha value is -2.35. The molecule has 0 unspecified atom stereocenters. The molecule has 0 radical (unpaired) electrons. The molecule has 0 fully saturated rings. The maximum atomic E-state index is 12.8. The molecule has 3 aromatic carbocycles. The third kappa shape index (κ3) is 4.32. The number of nitrogens with zero attached hydrogens (tertiary/aromatic N) is 1. The highest BCUT2D eigenvalue weighted by Crippen LogP contribution is 2.25. The average Bonchev–Trinajstić information content (AvgIpc) is 2.67. The summed E-state index contributed by atoms with van der Waals surface area (Å²) in [7, 11) is -2.36. The van der Waals surface area contributed by atoms with E-state index >= 15 is 0 Å². The van der Waals surface area contributed by atoms with Crippen LogP contribution in [0.3, 0.4) is 0 Å². The lowest BCUT2D eigenvalue weighted by molar-refractivity contribution is -0.116. The van der Waals surface area contributed by atoms with Gasteiger partial charge in [0.25, 0.3) is 0 Å². The number of rotatable bonds is 6. The molecule has 1 N–H and O–H groups in total. The SMILES string of the molecule is CSc1ccccc1NC(=O)CN(C)S(=O)(=O)c1ccc2ccccc2c1. The summed E-state index contributed by atoms with van der Waals surface area (Å²) in [6, 6.07) is 19.9. The number of hydrogen-bond acceptors (Lipinski definition) is 4. The van der Waals surface area contributed by atoms with Crippen LogP contribution in [0.2, 0.25) is 0 Å². The maximum Gasteiger partial charge on any atom is 0.243 e. The fourth-order valence-corrected chi connectivity index (χ4v) is 4.45. The minimum absolute atomic E-state index is 0.168. The standard InChI is InChI=1S/C20H20N2O3S2/c1-22(14-20(23)21-18-9-5-6-10-19(18)26-2)27(24,25)17-12-11-15-7-3-4-8-16(15)13-17/h3-13H,14H2,1-2H3,(H,21,23). The molecule has 0 saturated heterocycles. The van der Waals surface area contributed by atoms with E-state index < -0.39 is 10.0 Å². The zero-order chi connectivity index (χ0) is 19.4. The largest absolute Gasteiger partial charge is 0.324 e. The molecule has 0 aromatic heterocycles. The lowest BCUT2D eigenvalue weighted by Crippen LogP contribution is -2.35. The third-order valence-electron chi connectivity index (χ3n) is 4.18. The van der Waals surface area contributed by atoms with Crippen LogP contribution in [0.1, 0.15) is 0 Å². The summed E-state index contributed by atoms with van der Waals surface area (Å²) in [6.07, 6.45) is 1.92. The molecule has 140 valence electrons. The van der Waals surface area contributed by atoms with E-state index in [1.54, 1.807) is 24.3 Å². The van der Waals surface area contributed by atoms with Crippen molar-refractivity contribution in [2.45, 2.75) is 9.79 Å². The number of nitrogens with one attached hydrogen (secondary N) is 1. The Balaban J connectivity index is 1.77. The van der Waals surface area contributed by atoms with Gasteiger partial charge in [-0.2, -0.15) is 4.31 Å². The van der Waals surface area contributed by atoms with Crippen LogP contribution < -0.4 is 5.32 Å². The molecule has 0 spiro atoms. The van der Waals surface area contributed by atoms with Gasteiger partial charge >= 0.3 is 0 Å². The molecule has 0 aliphatic rings. The van der Waals surface area contributed by atoms with Crippen LogP contribution in [-0.4, -0.2) is 38.5 Å². The second kappa shape index (κ2) is 8.12.